The van der Waals surface area contributed by atoms with Crippen LogP contribution in [0.2, 0.25) is 0 Å². The maximum atomic E-state index is 5.63. The third-order valence-corrected chi connectivity index (χ3v) is 3.53. The number of hydrogen-bond donors (Lipinski definition) is 0. The van der Waals surface area contributed by atoms with E-state index >= 15 is 0 Å². The third kappa shape index (κ3) is 6.03. The SMILES string of the molecule is CCCCOCC(C)OCC1CSC(=S)O1. The fraction of sp³-hybridized carbons (Fsp3) is 0.909. The van der Waals surface area contributed by atoms with Crippen LogP contribution in [0.3, 0.4) is 0 Å². The number of thiocarbonyl (C=S) groups is 1. The van der Waals surface area contributed by atoms with Crippen molar-refractivity contribution in [2.45, 2.75) is 38.9 Å². The van der Waals surface area contributed by atoms with Gasteiger partial charge in [-0.15, -0.1) is 0 Å². The largest absolute Gasteiger partial charge is 0.472 e. The van der Waals surface area contributed by atoms with Crippen LogP contribution in [0, 0.1) is 0 Å². The van der Waals surface area contributed by atoms with Crippen LogP contribution >= 0.6 is 24.0 Å². The molecule has 0 aromatic rings. The van der Waals surface area contributed by atoms with Crippen LogP contribution in [-0.2, 0) is 14.2 Å². The highest BCUT2D eigenvalue weighted by molar-refractivity contribution is 8.22. The number of rotatable bonds is 8. The second-order valence-electron chi connectivity index (χ2n) is 3.87. The Morgan fingerprint density at radius 1 is 1.62 bits per heavy atom. The number of thioether (sulfide) groups is 1. The molecule has 0 radical (unpaired) electrons. The fourth-order valence-electron chi connectivity index (χ4n) is 1.26. The van der Waals surface area contributed by atoms with Gasteiger partial charge >= 0.3 is 0 Å². The van der Waals surface area contributed by atoms with Crippen LogP contribution in [0.1, 0.15) is 26.7 Å². The number of hydrogen-bond acceptors (Lipinski definition) is 5. The molecule has 0 bridgehead atoms. The average molecular weight is 264 g/mol. The van der Waals surface area contributed by atoms with E-state index in [1.165, 1.54) is 6.42 Å². The van der Waals surface area contributed by atoms with Crippen LogP contribution in [-0.4, -0.2) is 42.2 Å². The Hall–Kier alpha value is 0.160. The van der Waals surface area contributed by atoms with E-state index in [1.807, 2.05) is 6.92 Å². The zero-order chi connectivity index (χ0) is 11.8. The molecule has 94 valence electrons. The highest BCUT2D eigenvalue weighted by atomic mass is 32.2. The Morgan fingerprint density at radius 3 is 3.06 bits per heavy atom. The molecule has 0 aliphatic carbocycles. The van der Waals surface area contributed by atoms with Gasteiger partial charge in [0.1, 0.15) is 6.10 Å². The first-order chi connectivity index (χ1) is 7.72. The summed E-state index contributed by atoms with van der Waals surface area (Å²) in [6.07, 6.45) is 2.53. The predicted octanol–water partition coefficient (Wildman–Crippen LogP) is 2.63. The molecule has 0 spiro atoms. The molecule has 0 aromatic heterocycles. The fourth-order valence-corrected chi connectivity index (χ4v) is 2.29. The summed E-state index contributed by atoms with van der Waals surface area (Å²) in [6.45, 7) is 6.26. The van der Waals surface area contributed by atoms with Gasteiger partial charge in [0, 0.05) is 12.4 Å². The van der Waals surface area contributed by atoms with E-state index in [0.29, 0.717) is 17.6 Å². The molecule has 1 saturated heterocycles. The van der Waals surface area contributed by atoms with Crippen LogP contribution in [0.15, 0.2) is 0 Å². The molecule has 3 nitrogen and oxygen atoms in total. The van der Waals surface area contributed by atoms with E-state index in [2.05, 4.69) is 6.92 Å². The van der Waals surface area contributed by atoms with E-state index in [-0.39, 0.29) is 12.2 Å². The van der Waals surface area contributed by atoms with Crippen molar-refractivity contribution < 1.29 is 14.2 Å². The van der Waals surface area contributed by atoms with Crippen molar-refractivity contribution in [1.29, 1.82) is 0 Å². The topological polar surface area (TPSA) is 27.7 Å². The van der Waals surface area contributed by atoms with Crippen molar-refractivity contribution in [3.8, 4) is 0 Å². The molecule has 0 amide bonds. The van der Waals surface area contributed by atoms with Crippen molar-refractivity contribution in [1.82, 2.24) is 0 Å². The molecule has 2 atom stereocenters. The first-order valence-electron chi connectivity index (χ1n) is 5.75. The molecule has 2 unspecified atom stereocenters. The minimum absolute atomic E-state index is 0.121. The summed E-state index contributed by atoms with van der Waals surface area (Å²) in [7, 11) is 0. The van der Waals surface area contributed by atoms with E-state index < -0.39 is 0 Å². The van der Waals surface area contributed by atoms with Crippen LogP contribution in [0.4, 0.5) is 0 Å². The lowest BCUT2D eigenvalue weighted by atomic mass is 10.3. The first-order valence-corrected chi connectivity index (χ1v) is 7.14. The summed E-state index contributed by atoms with van der Waals surface area (Å²) in [5, 5.41) is 0. The summed E-state index contributed by atoms with van der Waals surface area (Å²) in [5.41, 5.74) is 0. The summed E-state index contributed by atoms with van der Waals surface area (Å²) >= 11 is 6.51. The molecule has 1 heterocycles. The Balaban J connectivity index is 1.97. The van der Waals surface area contributed by atoms with Crippen molar-refractivity contribution in [2.75, 3.05) is 25.6 Å². The molecule has 1 fully saturated rings. The van der Waals surface area contributed by atoms with E-state index in [1.54, 1.807) is 11.8 Å². The third-order valence-electron chi connectivity index (χ3n) is 2.21. The lowest BCUT2D eigenvalue weighted by molar-refractivity contribution is -0.0307. The highest BCUT2D eigenvalue weighted by Crippen LogP contribution is 2.20. The van der Waals surface area contributed by atoms with Gasteiger partial charge in [0.05, 0.1) is 19.3 Å². The number of unbranched alkanes of at least 4 members (excludes halogenated alkanes) is 1. The van der Waals surface area contributed by atoms with Gasteiger partial charge < -0.3 is 14.2 Å². The Bertz CT molecular complexity index is 211. The molecule has 16 heavy (non-hydrogen) atoms. The molecular formula is C11H20O3S2. The van der Waals surface area contributed by atoms with Crippen LogP contribution in [0.25, 0.3) is 0 Å². The lowest BCUT2D eigenvalue weighted by Crippen LogP contribution is -2.24. The number of ether oxygens (including phenoxy) is 3. The van der Waals surface area contributed by atoms with Gasteiger partial charge in [-0.25, -0.2) is 0 Å². The minimum atomic E-state index is 0.121. The van der Waals surface area contributed by atoms with Gasteiger partial charge in [-0.2, -0.15) is 0 Å². The summed E-state index contributed by atoms with van der Waals surface area (Å²) < 4.78 is 17.1. The molecule has 1 rings (SSSR count). The lowest BCUT2D eigenvalue weighted by Gasteiger charge is -2.16. The van der Waals surface area contributed by atoms with Crippen LogP contribution in [0.5, 0.6) is 0 Å². The van der Waals surface area contributed by atoms with Gasteiger partial charge in [-0.3, -0.25) is 0 Å². The normalized spacial score (nSPS) is 22.1. The minimum Gasteiger partial charge on any atom is -0.472 e. The van der Waals surface area contributed by atoms with Crippen molar-refractivity contribution in [3.05, 3.63) is 0 Å². The maximum absolute atomic E-state index is 5.63. The predicted molar refractivity (Wildman–Crippen MR) is 71.1 cm³/mol. The quantitative estimate of drug-likeness (QED) is 0.496. The molecule has 1 aliphatic rings. The van der Waals surface area contributed by atoms with Crippen LogP contribution < -0.4 is 0 Å². The molecule has 5 heteroatoms. The standard InChI is InChI=1S/C11H20O3S2/c1-3-4-5-12-6-9(2)13-7-10-8-16-11(15)14-10/h9-10H,3-8H2,1-2H3. The monoisotopic (exact) mass is 264 g/mol. The summed E-state index contributed by atoms with van der Waals surface area (Å²) in [4.78, 5) is 0. The average Bonchev–Trinajstić information content (AvgIpc) is 2.68. The van der Waals surface area contributed by atoms with Gasteiger partial charge in [-0.05, 0) is 25.6 Å². The van der Waals surface area contributed by atoms with Crippen molar-refractivity contribution >= 4 is 28.4 Å². The van der Waals surface area contributed by atoms with E-state index in [9.17, 15) is 0 Å². The smallest absolute Gasteiger partial charge is 0.220 e. The highest BCUT2D eigenvalue weighted by Gasteiger charge is 2.22. The Kier molecular flexibility index (Phi) is 7.36. The Labute approximate surface area is 107 Å². The molecule has 0 saturated carbocycles. The second kappa shape index (κ2) is 8.28. The Morgan fingerprint density at radius 2 is 2.44 bits per heavy atom. The van der Waals surface area contributed by atoms with Gasteiger partial charge in [0.15, 0.2) is 0 Å². The van der Waals surface area contributed by atoms with Gasteiger partial charge in [0.25, 0.3) is 0 Å². The van der Waals surface area contributed by atoms with E-state index in [4.69, 9.17) is 26.4 Å². The first kappa shape index (κ1) is 14.2. The van der Waals surface area contributed by atoms with Crippen molar-refractivity contribution in [2.24, 2.45) is 0 Å². The maximum Gasteiger partial charge on any atom is 0.220 e. The molecular weight excluding hydrogens is 244 g/mol. The second-order valence-corrected chi connectivity index (χ2v) is 5.50. The zero-order valence-electron chi connectivity index (χ0n) is 9.94. The van der Waals surface area contributed by atoms with Gasteiger partial charge in [0.2, 0.25) is 4.38 Å². The van der Waals surface area contributed by atoms with Crippen molar-refractivity contribution in [3.63, 3.8) is 0 Å². The molecule has 0 N–H and O–H groups in total. The zero-order valence-corrected chi connectivity index (χ0v) is 11.6. The molecule has 0 aromatic carbocycles. The van der Waals surface area contributed by atoms with Gasteiger partial charge in [-0.1, -0.05) is 25.1 Å². The summed E-state index contributed by atoms with van der Waals surface area (Å²) in [5.74, 6) is 0.905. The summed E-state index contributed by atoms with van der Waals surface area (Å²) in [6, 6.07) is 0. The van der Waals surface area contributed by atoms with E-state index in [0.717, 1.165) is 18.8 Å². The molecule has 1 aliphatic heterocycles.